The summed E-state index contributed by atoms with van der Waals surface area (Å²) in [5.74, 6) is -1.99. The van der Waals surface area contributed by atoms with Crippen molar-refractivity contribution in [2.75, 3.05) is 28.5 Å². The van der Waals surface area contributed by atoms with Crippen LogP contribution < -0.4 is 9.62 Å². The van der Waals surface area contributed by atoms with E-state index in [0.717, 1.165) is 31.6 Å². The van der Waals surface area contributed by atoms with Gasteiger partial charge < -0.3 is 14.6 Å². The minimum Gasteiger partial charge on any atom is -0.345 e. The van der Waals surface area contributed by atoms with E-state index in [1.165, 1.54) is 6.20 Å². The second-order valence-electron chi connectivity index (χ2n) is 8.20. The van der Waals surface area contributed by atoms with Crippen LogP contribution in [0.1, 0.15) is 35.7 Å². The molecule has 0 amide bonds. The number of rotatable bonds is 8. The zero-order valence-corrected chi connectivity index (χ0v) is 19.7. The molecule has 3 aromatic heterocycles. The molecule has 8 nitrogen and oxygen atoms in total. The fourth-order valence-electron chi connectivity index (χ4n) is 3.83. The molecule has 0 aliphatic carbocycles. The van der Waals surface area contributed by atoms with Crippen molar-refractivity contribution >= 4 is 39.4 Å². The molecular weight excluding hydrogens is 474 g/mol. The van der Waals surface area contributed by atoms with Crippen molar-refractivity contribution < 1.29 is 17.8 Å². The van der Waals surface area contributed by atoms with Gasteiger partial charge >= 0.3 is 0 Å². The van der Waals surface area contributed by atoms with Gasteiger partial charge in [-0.3, -0.25) is 4.79 Å². The molecule has 0 bridgehead atoms. The van der Waals surface area contributed by atoms with Gasteiger partial charge in [-0.05, 0) is 31.0 Å². The highest BCUT2D eigenvalue weighted by Crippen LogP contribution is 2.29. The van der Waals surface area contributed by atoms with E-state index >= 15 is 4.39 Å². The van der Waals surface area contributed by atoms with Gasteiger partial charge in [0.2, 0.25) is 11.7 Å². The average Bonchev–Trinajstić information content (AvgIpc) is 3.24. The summed E-state index contributed by atoms with van der Waals surface area (Å²) in [6, 6.07) is 3.83. The molecule has 1 aliphatic heterocycles. The van der Waals surface area contributed by atoms with Crippen molar-refractivity contribution in [1.29, 1.82) is 0 Å². The molecule has 0 radical (unpaired) electrons. The fourth-order valence-corrected chi connectivity index (χ4v) is 4.71. The lowest BCUT2D eigenvalue weighted by atomic mass is 10.0. The van der Waals surface area contributed by atoms with Crippen LogP contribution in [0, 0.1) is 11.6 Å². The Labute approximate surface area is 202 Å². The number of nitrogens with zero attached hydrogens (tertiary/aromatic N) is 4. The molecule has 1 saturated heterocycles. The summed E-state index contributed by atoms with van der Waals surface area (Å²) in [5.41, 5.74) is 0.904. The maximum absolute atomic E-state index is 15.2. The third-order valence-corrected chi connectivity index (χ3v) is 7.04. The van der Waals surface area contributed by atoms with Gasteiger partial charge in [0.25, 0.3) is 0 Å². The van der Waals surface area contributed by atoms with E-state index in [0.29, 0.717) is 40.3 Å². The largest absolute Gasteiger partial charge is 0.345 e. The first kappa shape index (κ1) is 23.0. The van der Waals surface area contributed by atoms with E-state index in [-0.39, 0.29) is 11.3 Å². The highest BCUT2D eigenvalue weighted by Gasteiger charge is 2.25. The second kappa shape index (κ2) is 9.49. The molecule has 0 spiro atoms. The number of benzene rings is 1. The molecule has 1 fully saturated rings. The molecule has 5 rings (SSSR count). The Morgan fingerprint density at radius 3 is 2.57 bits per heavy atom. The van der Waals surface area contributed by atoms with Crippen LogP contribution in [0.15, 0.2) is 43.0 Å². The van der Waals surface area contributed by atoms with E-state index in [2.05, 4.69) is 29.6 Å². The van der Waals surface area contributed by atoms with Gasteiger partial charge in [-0.25, -0.2) is 27.9 Å². The third-order valence-electron chi connectivity index (χ3n) is 5.82. The zero-order valence-electron chi connectivity index (χ0n) is 18.8. The number of carbonyl (C=O) groups is 1. The molecule has 1 atom stereocenters. The van der Waals surface area contributed by atoms with E-state index in [1.807, 2.05) is 6.92 Å². The SMILES string of the molecule is CCCS(=O)Nc1ccc(F)c(C(=O)c2c[nH]c3ncc(-c4cnc(N5CCC5)nc4)cc23)c1F. The van der Waals surface area contributed by atoms with E-state index in [4.69, 9.17) is 0 Å². The Balaban J connectivity index is 1.49. The van der Waals surface area contributed by atoms with E-state index in [1.54, 1.807) is 24.7 Å². The normalized spacial score (nSPS) is 14.1. The number of hydrogen-bond acceptors (Lipinski definition) is 6. The number of aromatic amines is 1. The van der Waals surface area contributed by atoms with Crippen molar-refractivity contribution in [3.8, 4) is 11.1 Å². The highest BCUT2D eigenvalue weighted by molar-refractivity contribution is 7.86. The standard InChI is InChI=1S/C24H22F2N6O2S/c1-2-8-35(34)31-19-5-4-18(25)20(21(19)26)22(33)17-13-28-23-16(17)9-14(10-27-23)15-11-29-24(30-12-15)32-6-3-7-32/h4-5,9-13,31H,2-3,6-8H2,1H3,(H,27,28). The minimum atomic E-state index is -1.55. The molecule has 4 aromatic rings. The number of H-pyrrole nitrogens is 1. The summed E-state index contributed by atoms with van der Waals surface area (Å²) in [7, 11) is -1.55. The number of halogens is 2. The predicted molar refractivity (Wildman–Crippen MR) is 131 cm³/mol. The third kappa shape index (κ3) is 4.39. The van der Waals surface area contributed by atoms with Gasteiger partial charge in [0, 0.05) is 65.7 Å². The molecule has 180 valence electrons. The fraction of sp³-hybridized carbons (Fsp3) is 0.250. The number of anilines is 2. The Bertz CT molecular complexity index is 1440. The molecule has 35 heavy (non-hydrogen) atoms. The smallest absolute Gasteiger partial charge is 0.225 e. The van der Waals surface area contributed by atoms with E-state index in [9.17, 15) is 13.4 Å². The molecule has 1 aliphatic rings. The molecule has 2 N–H and O–H groups in total. The van der Waals surface area contributed by atoms with Crippen LogP contribution in [0.25, 0.3) is 22.2 Å². The van der Waals surface area contributed by atoms with Crippen LogP contribution in [0.4, 0.5) is 20.4 Å². The first-order valence-electron chi connectivity index (χ1n) is 11.2. The number of fused-ring (bicyclic) bond motifs is 1. The van der Waals surface area contributed by atoms with Gasteiger partial charge in [-0.1, -0.05) is 6.92 Å². The van der Waals surface area contributed by atoms with Crippen molar-refractivity contribution in [2.45, 2.75) is 19.8 Å². The Morgan fingerprint density at radius 1 is 1.14 bits per heavy atom. The van der Waals surface area contributed by atoms with Gasteiger partial charge in [0.1, 0.15) is 22.5 Å². The summed E-state index contributed by atoms with van der Waals surface area (Å²) in [6.45, 7) is 3.70. The van der Waals surface area contributed by atoms with Crippen LogP contribution in [0.3, 0.4) is 0 Å². The van der Waals surface area contributed by atoms with Crippen LogP contribution >= 0.6 is 0 Å². The first-order valence-corrected chi connectivity index (χ1v) is 12.5. The maximum Gasteiger partial charge on any atom is 0.225 e. The topological polar surface area (TPSA) is 104 Å². The average molecular weight is 497 g/mol. The number of ketones is 1. The van der Waals surface area contributed by atoms with Gasteiger partial charge in [0.15, 0.2) is 5.82 Å². The number of aromatic nitrogens is 4. The quantitative estimate of drug-likeness (QED) is 0.354. The summed E-state index contributed by atoms with van der Waals surface area (Å²) in [4.78, 5) is 31.4. The zero-order chi connectivity index (χ0) is 24.5. The van der Waals surface area contributed by atoms with Crippen LogP contribution in [-0.2, 0) is 11.0 Å². The van der Waals surface area contributed by atoms with Gasteiger partial charge in [-0.2, -0.15) is 0 Å². The highest BCUT2D eigenvalue weighted by atomic mass is 32.2. The molecule has 1 unspecified atom stereocenters. The molecule has 0 saturated carbocycles. The van der Waals surface area contributed by atoms with Crippen molar-refractivity contribution in [2.24, 2.45) is 0 Å². The van der Waals surface area contributed by atoms with Crippen molar-refractivity contribution in [3.63, 3.8) is 0 Å². The first-order chi connectivity index (χ1) is 17.0. The summed E-state index contributed by atoms with van der Waals surface area (Å²) in [6.07, 6.45) is 8.09. The lowest BCUT2D eigenvalue weighted by molar-refractivity contribution is 0.103. The van der Waals surface area contributed by atoms with Gasteiger partial charge in [-0.15, -0.1) is 0 Å². The summed E-state index contributed by atoms with van der Waals surface area (Å²) >= 11 is 0. The molecular formula is C24H22F2N6O2S. The van der Waals surface area contributed by atoms with Gasteiger partial charge in [0.05, 0.1) is 11.3 Å². The van der Waals surface area contributed by atoms with Crippen molar-refractivity contribution in [1.82, 2.24) is 19.9 Å². The number of carbonyl (C=O) groups excluding carboxylic acids is 1. The van der Waals surface area contributed by atoms with E-state index < -0.39 is 34.0 Å². The minimum absolute atomic E-state index is 0.0668. The Kier molecular flexibility index (Phi) is 6.25. The monoisotopic (exact) mass is 496 g/mol. The summed E-state index contributed by atoms with van der Waals surface area (Å²) < 4.78 is 44.3. The van der Waals surface area contributed by atoms with Crippen LogP contribution in [-0.4, -0.2) is 48.8 Å². The summed E-state index contributed by atoms with van der Waals surface area (Å²) in [5, 5.41) is 0.408. The molecule has 4 heterocycles. The number of pyridine rings is 1. The van der Waals surface area contributed by atoms with Crippen LogP contribution in [0.5, 0.6) is 0 Å². The maximum atomic E-state index is 15.2. The number of nitrogens with one attached hydrogen (secondary N) is 2. The predicted octanol–water partition coefficient (Wildman–Crippen LogP) is 4.22. The second-order valence-corrected chi connectivity index (χ2v) is 9.50. The molecule has 11 heteroatoms. The van der Waals surface area contributed by atoms with Crippen molar-refractivity contribution in [3.05, 3.63) is 65.7 Å². The Hall–Kier alpha value is -3.73. The molecule has 1 aromatic carbocycles. The number of hydrogen-bond donors (Lipinski definition) is 2. The lowest BCUT2D eigenvalue weighted by Crippen LogP contribution is -2.38. The Morgan fingerprint density at radius 2 is 1.89 bits per heavy atom. The van der Waals surface area contributed by atoms with Crippen LogP contribution in [0.2, 0.25) is 0 Å². The lowest BCUT2D eigenvalue weighted by Gasteiger charge is -2.30.